The van der Waals surface area contributed by atoms with Gasteiger partial charge in [0.2, 0.25) is 15.9 Å². The summed E-state index contributed by atoms with van der Waals surface area (Å²) in [5.74, 6) is 0.886. The molecule has 0 spiro atoms. The molecule has 0 bridgehead atoms. The standard InChI is InChI=1S/C26H31N7O5S/c1-5-32-11-13-33(14-12-32)39(35,36)17-15-19(26(27-16-17)38-6-2)24-28-21-22(25(34)29-24)30-31(3)23(21)18-9-7-8-10-20(18)37-4/h7-10,15-16H,5-6,11-14H2,1-4H3,(H,28,29,34). The number of pyridine rings is 1. The minimum absolute atomic E-state index is 0.00443. The van der Waals surface area contributed by atoms with E-state index in [0.717, 1.165) is 6.54 Å². The third-order valence-corrected chi connectivity index (χ3v) is 8.70. The molecule has 1 saturated heterocycles. The number of nitrogens with one attached hydrogen (secondary N) is 1. The Morgan fingerprint density at radius 3 is 2.49 bits per heavy atom. The molecule has 1 N–H and O–H groups in total. The second-order valence-corrected chi connectivity index (χ2v) is 11.0. The average Bonchev–Trinajstić information content (AvgIpc) is 3.29. The Morgan fingerprint density at radius 1 is 1.05 bits per heavy atom. The predicted octanol–water partition coefficient (Wildman–Crippen LogP) is 2.12. The molecule has 5 rings (SSSR count). The molecule has 12 nitrogen and oxygen atoms in total. The quantitative estimate of drug-likeness (QED) is 0.348. The van der Waals surface area contributed by atoms with E-state index in [0.29, 0.717) is 48.7 Å². The Bertz CT molecular complexity index is 1670. The van der Waals surface area contributed by atoms with Gasteiger partial charge in [-0.2, -0.15) is 9.40 Å². The van der Waals surface area contributed by atoms with E-state index in [2.05, 4.69) is 26.9 Å². The highest BCUT2D eigenvalue weighted by Crippen LogP contribution is 2.35. The lowest BCUT2D eigenvalue weighted by atomic mass is 10.1. The van der Waals surface area contributed by atoms with Crippen molar-refractivity contribution < 1.29 is 17.9 Å². The van der Waals surface area contributed by atoms with Crippen molar-refractivity contribution in [3.8, 4) is 34.3 Å². The molecule has 0 saturated carbocycles. The van der Waals surface area contributed by atoms with E-state index in [1.807, 2.05) is 24.3 Å². The van der Waals surface area contributed by atoms with Gasteiger partial charge in [-0.1, -0.05) is 19.1 Å². The maximum absolute atomic E-state index is 13.5. The van der Waals surface area contributed by atoms with E-state index in [-0.39, 0.29) is 34.3 Å². The van der Waals surface area contributed by atoms with Crippen molar-refractivity contribution in [3.63, 3.8) is 0 Å². The van der Waals surface area contributed by atoms with Gasteiger partial charge in [-0.05, 0) is 31.7 Å². The van der Waals surface area contributed by atoms with Crippen molar-refractivity contribution in [1.82, 2.24) is 33.9 Å². The molecule has 3 aromatic heterocycles. The Kier molecular flexibility index (Phi) is 7.38. The number of aromatic amines is 1. The molecule has 4 aromatic rings. The SMILES string of the molecule is CCOc1ncc(S(=O)(=O)N2CCN(CC)CC2)cc1-c1nc2c(-c3ccccc3OC)n(C)nc2c(=O)[nH]1. The zero-order chi connectivity index (χ0) is 27.7. The van der Waals surface area contributed by atoms with Crippen LogP contribution >= 0.6 is 0 Å². The van der Waals surface area contributed by atoms with Crippen LogP contribution in [0.2, 0.25) is 0 Å². The van der Waals surface area contributed by atoms with Crippen LogP contribution in [0.3, 0.4) is 0 Å². The maximum atomic E-state index is 13.5. The fraction of sp³-hybridized carbons (Fsp3) is 0.385. The first-order valence-corrected chi connectivity index (χ1v) is 14.2. The van der Waals surface area contributed by atoms with E-state index in [9.17, 15) is 13.2 Å². The number of piperazine rings is 1. The van der Waals surface area contributed by atoms with Gasteiger partial charge in [0.05, 0.1) is 31.2 Å². The average molecular weight is 554 g/mol. The van der Waals surface area contributed by atoms with Crippen molar-refractivity contribution in [2.45, 2.75) is 18.7 Å². The van der Waals surface area contributed by atoms with Gasteiger partial charge in [0.15, 0.2) is 5.52 Å². The number of likely N-dealkylation sites (N-methyl/N-ethyl adjacent to an activating group) is 1. The summed E-state index contributed by atoms with van der Waals surface area (Å²) in [6.07, 6.45) is 1.29. The number of hydrogen-bond acceptors (Lipinski definition) is 9. The lowest BCUT2D eigenvalue weighted by Gasteiger charge is -2.33. The van der Waals surface area contributed by atoms with Crippen LogP contribution in [0.4, 0.5) is 0 Å². The molecule has 0 aliphatic carbocycles. The first-order valence-electron chi connectivity index (χ1n) is 12.7. The Balaban J connectivity index is 1.66. The molecule has 0 unspecified atom stereocenters. The minimum atomic E-state index is -3.83. The molecule has 0 radical (unpaired) electrons. The summed E-state index contributed by atoms with van der Waals surface area (Å²) in [5.41, 5.74) is 1.56. The topological polar surface area (TPSA) is 136 Å². The number of aromatic nitrogens is 5. The summed E-state index contributed by atoms with van der Waals surface area (Å²) in [4.78, 5) is 27.2. The number of H-pyrrole nitrogens is 1. The van der Waals surface area contributed by atoms with E-state index < -0.39 is 15.6 Å². The highest BCUT2D eigenvalue weighted by atomic mass is 32.2. The van der Waals surface area contributed by atoms with Gasteiger partial charge in [-0.25, -0.2) is 18.4 Å². The fourth-order valence-electron chi connectivity index (χ4n) is 4.78. The van der Waals surface area contributed by atoms with Gasteiger partial charge in [0.25, 0.3) is 5.56 Å². The third-order valence-electron chi connectivity index (χ3n) is 6.83. The predicted molar refractivity (Wildman–Crippen MR) is 146 cm³/mol. The number of aryl methyl sites for hydroxylation is 1. The van der Waals surface area contributed by atoms with Crippen LogP contribution in [0.5, 0.6) is 11.6 Å². The first-order chi connectivity index (χ1) is 18.8. The van der Waals surface area contributed by atoms with Crippen molar-refractivity contribution in [2.24, 2.45) is 7.05 Å². The van der Waals surface area contributed by atoms with Crippen molar-refractivity contribution in [2.75, 3.05) is 46.4 Å². The van der Waals surface area contributed by atoms with E-state index >= 15 is 0 Å². The summed E-state index contributed by atoms with van der Waals surface area (Å²) < 4.78 is 41.4. The summed E-state index contributed by atoms with van der Waals surface area (Å²) in [7, 11) is -0.539. The highest BCUT2D eigenvalue weighted by molar-refractivity contribution is 7.89. The number of fused-ring (bicyclic) bond motifs is 1. The number of benzene rings is 1. The van der Waals surface area contributed by atoms with Gasteiger partial charge in [0, 0.05) is 38.8 Å². The van der Waals surface area contributed by atoms with Gasteiger partial charge in [0.1, 0.15) is 22.0 Å². The molecule has 206 valence electrons. The summed E-state index contributed by atoms with van der Waals surface area (Å²) in [6, 6.07) is 8.84. The number of rotatable bonds is 8. The Morgan fingerprint density at radius 2 is 1.79 bits per heavy atom. The lowest BCUT2D eigenvalue weighted by Crippen LogP contribution is -2.48. The molecule has 13 heteroatoms. The number of nitrogens with zero attached hydrogens (tertiary/aromatic N) is 6. The molecule has 0 amide bonds. The van der Waals surface area contributed by atoms with Gasteiger partial charge < -0.3 is 19.4 Å². The third kappa shape index (κ3) is 4.88. The number of para-hydroxylation sites is 1. The van der Waals surface area contributed by atoms with Crippen molar-refractivity contribution in [3.05, 3.63) is 46.9 Å². The largest absolute Gasteiger partial charge is 0.496 e. The van der Waals surface area contributed by atoms with E-state index in [1.54, 1.807) is 25.8 Å². The fourth-order valence-corrected chi connectivity index (χ4v) is 6.17. The molecule has 1 aliphatic heterocycles. The molecule has 0 atom stereocenters. The van der Waals surface area contributed by atoms with Crippen LogP contribution in [-0.4, -0.2) is 88.8 Å². The number of sulfonamides is 1. The van der Waals surface area contributed by atoms with E-state index in [4.69, 9.17) is 14.5 Å². The zero-order valence-electron chi connectivity index (χ0n) is 22.3. The minimum Gasteiger partial charge on any atom is -0.496 e. The molecular weight excluding hydrogens is 522 g/mol. The van der Waals surface area contributed by atoms with Crippen LogP contribution in [0, 0.1) is 0 Å². The van der Waals surface area contributed by atoms with Crippen LogP contribution < -0.4 is 15.0 Å². The first kappa shape index (κ1) is 26.8. The van der Waals surface area contributed by atoms with Crippen LogP contribution in [0.25, 0.3) is 33.7 Å². The zero-order valence-corrected chi connectivity index (χ0v) is 23.2. The molecule has 4 heterocycles. The summed E-state index contributed by atoms with van der Waals surface area (Å²) in [6.45, 7) is 7.10. The maximum Gasteiger partial charge on any atom is 0.279 e. The highest BCUT2D eigenvalue weighted by Gasteiger charge is 2.30. The summed E-state index contributed by atoms with van der Waals surface area (Å²) in [5, 5.41) is 4.39. The summed E-state index contributed by atoms with van der Waals surface area (Å²) >= 11 is 0. The van der Waals surface area contributed by atoms with Crippen molar-refractivity contribution >= 4 is 21.1 Å². The molecule has 1 aliphatic rings. The smallest absolute Gasteiger partial charge is 0.279 e. The molecule has 39 heavy (non-hydrogen) atoms. The van der Waals surface area contributed by atoms with Crippen LogP contribution in [0.1, 0.15) is 13.8 Å². The molecular formula is C26H31N7O5S. The Hall–Kier alpha value is -3.81. The van der Waals surface area contributed by atoms with Crippen molar-refractivity contribution in [1.29, 1.82) is 0 Å². The Labute approximate surface area is 226 Å². The number of methoxy groups -OCH3 is 1. The van der Waals surface area contributed by atoms with Crippen LogP contribution in [-0.2, 0) is 17.1 Å². The lowest BCUT2D eigenvalue weighted by molar-refractivity contribution is 0.196. The van der Waals surface area contributed by atoms with Gasteiger partial charge in [-0.3, -0.25) is 9.48 Å². The number of hydrogen-bond donors (Lipinski definition) is 1. The number of ether oxygens (including phenoxy) is 2. The van der Waals surface area contributed by atoms with E-state index in [1.165, 1.54) is 16.6 Å². The second kappa shape index (κ2) is 10.8. The van der Waals surface area contributed by atoms with Gasteiger partial charge >= 0.3 is 0 Å². The molecule has 1 aromatic carbocycles. The van der Waals surface area contributed by atoms with Crippen LogP contribution in [0.15, 0.2) is 46.2 Å². The normalized spacial score (nSPS) is 15.1. The monoisotopic (exact) mass is 553 g/mol. The molecule has 1 fully saturated rings. The van der Waals surface area contributed by atoms with Gasteiger partial charge in [-0.15, -0.1) is 0 Å². The second-order valence-electron chi connectivity index (χ2n) is 9.08.